The van der Waals surface area contributed by atoms with E-state index in [1.54, 1.807) is 25.4 Å². The van der Waals surface area contributed by atoms with Gasteiger partial charge in [-0.25, -0.2) is 13.4 Å². The number of benzene rings is 1. The molecule has 0 bridgehead atoms. The second-order valence-electron chi connectivity index (χ2n) is 10.7. The van der Waals surface area contributed by atoms with Gasteiger partial charge < -0.3 is 14.4 Å². The van der Waals surface area contributed by atoms with Crippen LogP contribution in [0.15, 0.2) is 36.8 Å². The first-order valence-electron chi connectivity index (χ1n) is 13.0. The fourth-order valence-electron chi connectivity index (χ4n) is 5.92. The molecule has 5 heterocycles. The van der Waals surface area contributed by atoms with Crippen LogP contribution in [-0.4, -0.2) is 60.3 Å². The van der Waals surface area contributed by atoms with Crippen LogP contribution in [-0.2, 0) is 9.84 Å². The predicted octanol–water partition coefficient (Wildman–Crippen LogP) is 5.36. The number of anilines is 1. The molecule has 0 aliphatic carbocycles. The monoisotopic (exact) mass is 612 g/mol. The Morgan fingerprint density at radius 1 is 1.15 bits per heavy atom. The molecule has 2 fully saturated rings. The van der Waals surface area contributed by atoms with Crippen LogP contribution in [0.1, 0.15) is 37.0 Å². The Labute approximate surface area is 247 Å². The molecule has 2 aliphatic heterocycles. The predicted molar refractivity (Wildman–Crippen MR) is 156 cm³/mol. The lowest BCUT2D eigenvalue weighted by Gasteiger charge is -2.52. The number of sulfone groups is 1. The number of hydrogen-bond acceptors (Lipinski definition) is 9. The third-order valence-corrected chi connectivity index (χ3v) is 10.3. The van der Waals surface area contributed by atoms with Gasteiger partial charge in [0.1, 0.15) is 23.7 Å². The summed E-state index contributed by atoms with van der Waals surface area (Å²) >= 11 is 12.7. The van der Waals surface area contributed by atoms with E-state index in [2.05, 4.69) is 26.2 Å². The molecule has 1 unspecified atom stereocenters. The Bertz CT molecular complexity index is 1790. The van der Waals surface area contributed by atoms with Gasteiger partial charge in [0.15, 0.2) is 21.3 Å². The van der Waals surface area contributed by atoms with Gasteiger partial charge in [-0.15, -0.1) is 0 Å². The van der Waals surface area contributed by atoms with Crippen molar-refractivity contribution in [2.24, 2.45) is 5.41 Å². The lowest BCUT2D eigenvalue weighted by Crippen LogP contribution is -2.61. The summed E-state index contributed by atoms with van der Waals surface area (Å²) in [6.45, 7) is 2.98. The van der Waals surface area contributed by atoms with Crippen molar-refractivity contribution in [2.45, 2.75) is 25.9 Å². The second kappa shape index (κ2) is 10.4. The maximum Gasteiger partial charge on any atom is 0.162 e. The van der Waals surface area contributed by atoms with E-state index in [0.29, 0.717) is 74.8 Å². The normalized spacial score (nSPS) is 18.1. The van der Waals surface area contributed by atoms with Gasteiger partial charge in [0.05, 0.1) is 39.7 Å². The van der Waals surface area contributed by atoms with Crippen molar-refractivity contribution < 1.29 is 17.9 Å². The molecule has 0 amide bonds. The van der Waals surface area contributed by atoms with Crippen molar-refractivity contribution in [1.82, 2.24) is 20.2 Å². The lowest BCUT2D eigenvalue weighted by molar-refractivity contribution is 0.215. The summed E-state index contributed by atoms with van der Waals surface area (Å²) in [5, 5.41) is 19.0. The van der Waals surface area contributed by atoms with Crippen molar-refractivity contribution >= 4 is 49.8 Å². The average molecular weight is 614 g/mol. The Morgan fingerprint density at radius 3 is 2.59 bits per heavy atom. The summed E-state index contributed by atoms with van der Waals surface area (Å²) in [7, 11) is -1.48. The third-order valence-electron chi connectivity index (χ3n) is 7.75. The molecule has 3 aromatic heterocycles. The van der Waals surface area contributed by atoms with Crippen molar-refractivity contribution in [3.05, 3.63) is 58.0 Å². The van der Waals surface area contributed by atoms with E-state index in [1.165, 1.54) is 12.4 Å². The highest BCUT2D eigenvalue weighted by Crippen LogP contribution is 2.44. The number of hydrogen-bond donors (Lipinski definition) is 1. The molecule has 212 valence electrons. The Morgan fingerprint density at radius 2 is 1.90 bits per heavy atom. The quantitative estimate of drug-likeness (QED) is 0.305. The number of nitrogens with one attached hydrogen (secondary N) is 1. The van der Waals surface area contributed by atoms with Gasteiger partial charge in [0.25, 0.3) is 0 Å². The van der Waals surface area contributed by atoms with Crippen LogP contribution in [0, 0.1) is 16.7 Å². The molecule has 1 aromatic carbocycles. The van der Waals surface area contributed by atoms with Gasteiger partial charge in [0.2, 0.25) is 0 Å². The molecule has 4 aromatic rings. The Balaban J connectivity index is 1.30. The molecular formula is C28H26Cl2N6O4S. The minimum absolute atomic E-state index is 0.196. The average Bonchev–Trinajstić information content (AvgIpc) is 3.33. The number of pyridine rings is 2. The van der Waals surface area contributed by atoms with Crippen molar-refractivity contribution in [3.63, 3.8) is 0 Å². The van der Waals surface area contributed by atoms with Gasteiger partial charge in [-0.05, 0) is 31.9 Å². The summed E-state index contributed by atoms with van der Waals surface area (Å²) in [5.74, 6) is 1.95. The topological polar surface area (TPSA) is 134 Å². The first-order chi connectivity index (χ1) is 19.6. The molecule has 41 heavy (non-hydrogen) atoms. The number of nitriles is 1. The van der Waals surface area contributed by atoms with Gasteiger partial charge >= 0.3 is 0 Å². The number of methoxy groups -OCH3 is 1. The molecule has 13 heteroatoms. The number of H-pyrrole nitrogens is 1. The second-order valence-corrected chi connectivity index (χ2v) is 13.7. The van der Waals surface area contributed by atoms with Crippen LogP contribution in [0.3, 0.4) is 0 Å². The number of rotatable bonds is 6. The van der Waals surface area contributed by atoms with Crippen LogP contribution in [0.25, 0.3) is 22.2 Å². The van der Waals surface area contributed by atoms with E-state index in [0.717, 1.165) is 11.8 Å². The van der Waals surface area contributed by atoms with Crippen LogP contribution in [0.2, 0.25) is 10.0 Å². The summed E-state index contributed by atoms with van der Waals surface area (Å²) < 4.78 is 36.2. The number of ether oxygens (including phenoxy) is 2. The first-order valence-corrected chi connectivity index (χ1v) is 15.6. The van der Waals surface area contributed by atoms with Gasteiger partial charge in [-0.2, -0.15) is 10.4 Å². The van der Waals surface area contributed by atoms with Gasteiger partial charge in [-0.3, -0.25) is 10.1 Å². The van der Waals surface area contributed by atoms with Crippen LogP contribution >= 0.6 is 23.2 Å². The smallest absolute Gasteiger partial charge is 0.162 e. The maximum absolute atomic E-state index is 12.2. The van der Waals surface area contributed by atoms with Crippen molar-refractivity contribution in [2.75, 3.05) is 36.6 Å². The van der Waals surface area contributed by atoms with Crippen LogP contribution in [0.5, 0.6) is 11.5 Å². The first kappa shape index (κ1) is 27.6. The highest BCUT2D eigenvalue weighted by Gasteiger charge is 2.48. The highest BCUT2D eigenvalue weighted by molar-refractivity contribution is 7.91. The van der Waals surface area contributed by atoms with E-state index < -0.39 is 15.9 Å². The SMILES string of the molecule is COc1cc2[nH]nc(-c3cnc(N4CC5(CCCS(=O)(=O)C5)C4)c(C#N)c3)c2cc1OC(C)c1c(Cl)cncc1Cl. The van der Waals surface area contributed by atoms with E-state index in [-0.39, 0.29) is 16.9 Å². The molecule has 1 N–H and O–H groups in total. The summed E-state index contributed by atoms with van der Waals surface area (Å²) in [5.41, 5.74) is 2.70. The third kappa shape index (κ3) is 5.05. The molecule has 0 radical (unpaired) electrons. The largest absolute Gasteiger partial charge is 0.493 e. The standard InChI is InChI=1S/C28H26Cl2N6O4S/c1-16(25-20(29)11-32-12-21(25)30)40-24-7-19-22(8-23(24)39-2)34-35-26(19)18-6-17(9-31)27(33-10-18)36-13-28(14-36)4-3-5-41(37,38)15-28/h6-8,10-12,16H,3-5,13-15H2,1-2H3,(H,34,35). The van der Waals surface area contributed by atoms with E-state index >= 15 is 0 Å². The maximum atomic E-state index is 12.2. The molecule has 6 rings (SSSR count). The molecule has 1 spiro atoms. The lowest BCUT2D eigenvalue weighted by atomic mass is 9.77. The van der Waals surface area contributed by atoms with Crippen LogP contribution < -0.4 is 14.4 Å². The Hall–Kier alpha value is -3.59. The minimum Gasteiger partial charge on any atom is -0.493 e. The molecule has 2 aliphatic rings. The zero-order chi connectivity index (χ0) is 28.9. The molecule has 2 saturated heterocycles. The van der Waals surface area contributed by atoms with E-state index in [1.807, 2.05) is 17.9 Å². The molecular weight excluding hydrogens is 587 g/mol. The van der Waals surface area contributed by atoms with Gasteiger partial charge in [-0.1, -0.05) is 23.2 Å². The summed E-state index contributed by atoms with van der Waals surface area (Å²) in [6.07, 6.45) is 5.74. The van der Waals surface area contributed by atoms with Crippen molar-refractivity contribution in [1.29, 1.82) is 5.26 Å². The summed E-state index contributed by atoms with van der Waals surface area (Å²) in [6, 6.07) is 7.61. The summed E-state index contributed by atoms with van der Waals surface area (Å²) in [4.78, 5) is 10.6. The Kier molecular flexibility index (Phi) is 6.96. The van der Waals surface area contributed by atoms with Gasteiger partial charge in [0, 0.05) is 59.7 Å². The van der Waals surface area contributed by atoms with E-state index in [4.69, 9.17) is 32.7 Å². The number of aromatic nitrogens is 4. The fraction of sp³-hybridized carbons (Fsp3) is 0.357. The highest BCUT2D eigenvalue weighted by atomic mass is 35.5. The van der Waals surface area contributed by atoms with Crippen molar-refractivity contribution in [3.8, 4) is 28.8 Å². The number of aromatic amines is 1. The zero-order valence-electron chi connectivity index (χ0n) is 22.3. The number of halogens is 2. The minimum atomic E-state index is -3.03. The van der Waals surface area contributed by atoms with E-state index in [9.17, 15) is 13.7 Å². The van der Waals surface area contributed by atoms with Crippen LogP contribution in [0.4, 0.5) is 5.82 Å². The number of nitrogens with zero attached hydrogens (tertiary/aromatic N) is 5. The number of fused-ring (bicyclic) bond motifs is 1. The molecule has 10 nitrogen and oxygen atoms in total. The zero-order valence-corrected chi connectivity index (χ0v) is 24.6. The fourth-order valence-corrected chi connectivity index (χ4v) is 8.58. The molecule has 1 atom stereocenters. The molecule has 0 saturated carbocycles.